The molecule has 0 aliphatic carbocycles. The number of likely N-dealkylation sites (N-methyl/N-ethyl adjacent to an activating group) is 1. The molecule has 2 aromatic rings. The molecule has 4 nitrogen and oxygen atoms in total. The number of anilines is 1. The molecule has 0 radical (unpaired) electrons. The van der Waals surface area contributed by atoms with E-state index < -0.39 is 5.91 Å². The fourth-order valence-corrected chi connectivity index (χ4v) is 2.72. The van der Waals surface area contributed by atoms with Crippen LogP contribution in [-0.4, -0.2) is 30.3 Å². The van der Waals surface area contributed by atoms with Gasteiger partial charge in [-0.15, -0.1) is 0 Å². The predicted octanol–water partition coefficient (Wildman–Crippen LogP) is 5.01. The molecule has 0 aromatic heterocycles. The molecule has 0 fully saturated rings. The minimum atomic E-state index is -0.430. The SMILES string of the molecule is CN(CC(=O)Nc1c(Cl)cccc1Cl)C(=O)c1ccc(Cl)c(Cl)c1. The van der Waals surface area contributed by atoms with E-state index in [2.05, 4.69) is 5.32 Å². The van der Waals surface area contributed by atoms with Gasteiger partial charge in [0.05, 0.1) is 32.3 Å². The topological polar surface area (TPSA) is 49.4 Å². The Labute approximate surface area is 159 Å². The fraction of sp³-hybridized carbons (Fsp3) is 0.125. The summed E-state index contributed by atoms with van der Waals surface area (Å²) < 4.78 is 0. The standard InChI is InChI=1S/C16H12Cl4N2O2/c1-22(16(24)9-5-6-10(17)13(20)7-9)8-14(23)21-15-11(18)3-2-4-12(15)19/h2-7H,8H2,1H3,(H,21,23). The van der Waals surface area contributed by atoms with Crippen LogP contribution in [0.25, 0.3) is 0 Å². The van der Waals surface area contributed by atoms with Crippen LogP contribution in [0.4, 0.5) is 5.69 Å². The van der Waals surface area contributed by atoms with Crippen molar-refractivity contribution in [2.24, 2.45) is 0 Å². The maximum Gasteiger partial charge on any atom is 0.254 e. The van der Waals surface area contributed by atoms with Gasteiger partial charge in [0.25, 0.3) is 5.91 Å². The van der Waals surface area contributed by atoms with Gasteiger partial charge in [-0.1, -0.05) is 52.5 Å². The molecule has 0 saturated heterocycles. The van der Waals surface area contributed by atoms with Crippen molar-refractivity contribution in [3.63, 3.8) is 0 Å². The van der Waals surface area contributed by atoms with E-state index in [1.54, 1.807) is 18.2 Å². The molecular formula is C16H12Cl4N2O2. The second kappa shape index (κ2) is 8.08. The number of hydrogen-bond donors (Lipinski definition) is 1. The monoisotopic (exact) mass is 404 g/mol. The van der Waals surface area contributed by atoms with Crippen LogP contribution in [0.1, 0.15) is 10.4 Å². The molecule has 2 rings (SSSR count). The van der Waals surface area contributed by atoms with Gasteiger partial charge in [-0.05, 0) is 30.3 Å². The summed E-state index contributed by atoms with van der Waals surface area (Å²) in [6, 6.07) is 9.39. The van der Waals surface area contributed by atoms with Gasteiger partial charge in [0.15, 0.2) is 0 Å². The molecule has 0 unspecified atom stereocenters. The van der Waals surface area contributed by atoms with Crippen molar-refractivity contribution in [1.29, 1.82) is 0 Å². The van der Waals surface area contributed by atoms with Crippen LogP contribution < -0.4 is 5.32 Å². The zero-order chi connectivity index (χ0) is 17.9. The summed E-state index contributed by atoms with van der Waals surface area (Å²) in [6.07, 6.45) is 0. The molecule has 0 spiro atoms. The first kappa shape index (κ1) is 18.9. The molecule has 24 heavy (non-hydrogen) atoms. The van der Waals surface area contributed by atoms with E-state index in [1.165, 1.54) is 30.1 Å². The van der Waals surface area contributed by atoms with Crippen LogP contribution in [0.2, 0.25) is 20.1 Å². The number of nitrogens with one attached hydrogen (secondary N) is 1. The van der Waals surface area contributed by atoms with E-state index in [-0.39, 0.29) is 17.5 Å². The van der Waals surface area contributed by atoms with Crippen molar-refractivity contribution in [3.8, 4) is 0 Å². The highest BCUT2D eigenvalue weighted by Gasteiger charge is 2.17. The summed E-state index contributed by atoms with van der Waals surface area (Å²) in [6.45, 7) is -0.180. The number of para-hydroxylation sites is 1. The third-order valence-electron chi connectivity index (χ3n) is 3.12. The van der Waals surface area contributed by atoms with Crippen molar-refractivity contribution < 1.29 is 9.59 Å². The van der Waals surface area contributed by atoms with Gasteiger partial charge in [-0.2, -0.15) is 0 Å². The number of carbonyl (C=O) groups excluding carboxylic acids is 2. The van der Waals surface area contributed by atoms with Gasteiger partial charge in [0, 0.05) is 12.6 Å². The molecule has 0 saturated carbocycles. The average molecular weight is 406 g/mol. The number of halogens is 4. The summed E-state index contributed by atoms with van der Waals surface area (Å²) >= 11 is 23.7. The highest BCUT2D eigenvalue weighted by molar-refractivity contribution is 6.42. The number of benzene rings is 2. The zero-order valence-corrected chi connectivity index (χ0v) is 15.5. The predicted molar refractivity (Wildman–Crippen MR) is 98.5 cm³/mol. The van der Waals surface area contributed by atoms with Gasteiger partial charge in [-0.25, -0.2) is 0 Å². The van der Waals surface area contributed by atoms with Crippen LogP contribution in [0.5, 0.6) is 0 Å². The van der Waals surface area contributed by atoms with Crippen molar-refractivity contribution >= 4 is 63.9 Å². The lowest BCUT2D eigenvalue weighted by molar-refractivity contribution is -0.116. The maximum absolute atomic E-state index is 12.3. The van der Waals surface area contributed by atoms with Gasteiger partial charge in [-0.3, -0.25) is 9.59 Å². The molecule has 0 aliphatic rings. The molecule has 0 bridgehead atoms. The molecule has 126 valence electrons. The molecule has 0 atom stereocenters. The second-order valence-corrected chi connectivity index (χ2v) is 6.56. The number of carbonyl (C=O) groups is 2. The molecule has 2 amide bonds. The van der Waals surface area contributed by atoms with Crippen molar-refractivity contribution in [2.75, 3.05) is 18.9 Å². The van der Waals surface area contributed by atoms with E-state index in [4.69, 9.17) is 46.4 Å². The number of nitrogens with zero attached hydrogens (tertiary/aromatic N) is 1. The van der Waals surface area contributed by atoms with Crippen molar-refractivity contribution in [2.45, 2.75) is 0 Å². The fourth-order valence-electron chi connectivity index (χ4n) is 1.93. The second-order valence-electron chi connectivity index (χ2n) is 4.93. The van der Waals surface area contributed by atoms with Gasteiger partial charge < -0.3 is 10.2 Å². The lowest BCUT2D eigenvalue weighted by Crippen LogP contribution is -2.35. The molecule has 2 aromatic carbocycles. The Bertz CT molecular complexity index is 775. The Hall–Kier alpha value is -1.46. The zero-order valence-electron chi connectivity index (χ0n) is 12.4. The summed E-state index contributed by atoms with van der Waals surface area (Å²) in [5.41, 5.74) is 0.636. The molecule has 0 aliphatic heterocycles. The number of amides is 2. The lowest BCUT2D eigenvalue weighted by atomic mass is 10.2. The largest absolute Gasteiger partial charge is 0.332 e. The summed E-state index contributed by atoms with van der Waals surface area (Å²) in [5, 5.41) is 3.84. The highest BCUT2D eigenvalue weighted by Crippen LogP contribution is 2.29. The Morgan fingerprint density at radius 1 is 0.958 bits per heavy atom. The smallest absolute Gasteiger partial charge is 0.254 e. The van der Waals surface area contributed by atoms with E-state index in [0.717, 1.165) is 0 Å². The van der Waals surface area contributed by atoms with E-state index in [0.29, 0.717) is 26.3 Å². The van der Waals surface area contributed by atoms with Gasteiger partial charge in [0.2, 0.25) is 5.91 Å². The van der Waals surface area contributed by atoms with Gasteiger partial charge in [0.1, 0.15) is 0 Å². The minimum absolute atomic E-state index is 0.180. The normalized spacial score (nSPS) is 10.4. The van der Waals surface area contributed by atoms with E-state index in [1.807, 2.05) is 0 Å². The first-order valence-electron chi connectivity index (χ1n) is 6.74. The molecule has 1 N–H and O–H groups in total. The summed E-state index contributed by atoms with van der Waals surface area (Å²) in [4.78, 5) is 25.7. The first-order valence-corrected chi connectivity index (χ1v) is 8.25. The Morgan fingerprint density at radius 3 is 2.17 bits per heavy atom. The third-order valence-corrected chi connectivity index (χ3v) is 4.49. The van der Waals surface area contributed by atoms with Crippen molar-refractivity contribution in [1.82, 2.24) is 4.90 Å². The average Bonchev–Trinajstić information content (AvgIpc) is 2.53. The summed E-state index contributed by atoms with van der Waals surface area (Å²) in [7, 11) is 1.50. The summed E-state index contributed by atoms with van der Waals surface area (Å²) in [5.74, 6) is -0.796. The van der Waals surface area contributed by atoms with Crippen LogP contribution in [0.3, 0.4) is 0 Å². The maximum atomic E-state index is 12.3. The van der Waals surface area contributed by atoms with Crippen LogP contribution in [0.15, 0.2) is 36.4 Å². The molecule has 0 heterocycles. The van der Waals surface area contributed by atoms with E-state index in [9.17, 15) is 9.59 Å². The number of rotatable bonds is 4. The lowest BCUT2D eigenvalue weighted by Gasteiger charge is -2.18. The van der Waals surface area contributed by atoms with Crippen molar-refractivity contribution in [3.05, 3.63) is 62.1 Å². The first-order chi connectivity index (χ1) is 11.3. The van der Waals surface area contributed by atoms with Crippen LogP contribution in [-0.2, 0) is 4.79 Å². The highest BCUT2D eigenvalue weighted by atomic mass is 35.5. The minimum Gasteiger partial charge on any atom is -0.332 e. The quantitative estimate of drug-likeness (QED) is 0.776. The Morgan fingerprint density at radius 2 is 1.58 bits per heavy atom. The van der Waals surface area contributed by atoms with Gasteiger partial charge >= 0.3 is 0 Å². The Kier molecular flexibility index (Phi) is 6.35. The number of hydrogen-bond acceptors (Lipinski definition) is 2. The Balaban J connectivity index is 2.05. The van der Waals surface area contributed by atoms with E-state index >= 15 is 0 Å². The molecular weight excluding hydrogens is 394 g/mol. The van der Waals surface area contributed by atoms with Crippen LogP contribution >= 0.6 is 46.4 Å². The molecule has 8 heteroatoms. The van der Waals surface area contributed by atoms with Crippen LogP contribution in [0, 0.1) is 0 Å². The third kappa shape index (κ3) is 4.54.